The fraction of sp³-hybridized carbons (Fsp3) is 0.348. The molecule has 0 aliphatic carbocycles. The Morgan fingerprint density at radius 2 is 2.10 bits per heavy atom. The van der Waals surface area contributed by atoms with Gasteiger partial charge >= 0.3 is 0 Å². The second-order valence-corrected chi connectivity index (χ2v) is 8.55. The maximum atomic E-state index is 12.8. The first-order valence-electron chi connectivity index (χ1n) is 10.2. The van der Waals surface area contributed by atoms with E-state index in [0.29, 0.717) is 24.8 Å². The number of piperidine rings is 1. The third-order valence-electron chi connectivity index (χ3n) is 5.35. The van der Waals surface area contributed by atoms with Gasteiger partial charge in [0.05, 0.1) is 12.5 Å². The van der Waals surface area contributed by atoms with E-state index in [-0.39, 0.29) is 11.8 Å². The first kappa shape index (κ1) is 20.6. The Morgan fingerprint density at radius 3 is 2.90 bits per heavy atom. The van der Waals surface area contributed by atoms with Crippen molar-refractivity contribution in [1.29, 1.82) is 0 Å². The van der Waals surface area contributed by atoms with Crippen LogP contribution in [0.5, 0.6) is 0 Å². The van der Waals surface area contributed by atoms with Gasteiger partial charge in [0.15, 0.2) is 0 Å². The summed E-state index contributed by atoms with van der Waals surface area (Å²) < 4.78 is 5.46. The topological polar surface area (TPSA) is 71.3 Å². The summed E-state index contributed by atoms with van der Waals surface area (Å²) in [6.45, 7) is 4.22. The summed E-state index contributed by atoms with van der Waals surface area (Å²) in [6, 6.07) is 16.0. The molecule has 1 aliphatic rings. The van der Waals surface area contributed by atoms with Crippen molar-refractivity contribution in [3.05, 3.63) is 60.0 Å². The van der Waals surface area contributed by atoms with Gasteiger partial charge < -0.3 is 9.84 Å². The minimum Gasteiger partial charge on any atom is -0.338 e. The molecule has 4 rings (SSSR count). The Morgan fingerprint density at radius 1 is 1.27 bits per heavy atom. The number of hydrogen-bond acceptors (Lipinski definition) is 6. The van der Waals surface area contributed by atoms with E-state index in [1.807, 2.05) is 61.7 Å². The van der Waals surface area contributed by atoms with Crippen molar-refractivity contribution in [2.45, 2.75) is 31.2 Å². The standard InChI is InChI=1S/C23H26N4O2S/c1-16-8-10-17(11-9-16)22-25-21(29-26-22)15-27-12-4-5-18(14-27)23(28)24-19-6-3-7-20(13-19)30-2/h3,6-11,13,18H,4-5,12,14-15H2,1-2H3,(H,24,28). The van der Waals surface area contributed by atoms with Gasteiger partial charge in [0.25, 0.3) is 0 Å². The summed E-state index contributed by atoms with van der Waals surface area (Å²) in [5, 5.41) is 7.18. The van der Waals surface area contributed by atoms with Crippen LogP contribution in [0.2, 0.25) is 0 Å². The number of thioether (sulfide) groups is 1. The number of nitrogens with one attached hydrogen (secondary N) is 1. The SMILES string of the molecule is CSc1cccc(NC(=O)C2CCCN(Cc3nc(-c4ccc(C)cc4)no3)C2)c1. The predicted octanol–water partition coefficient (Wildman–Crippen LogP) is 4.62. The van der Waals surface area contributed by atoms with Crippen molar-refractivity contribution in [2.75, 3.05) is 24.7 Å². The number of carbonyl (C=O) groups is 1. The maximum Gasteiger partial charge on any atom is 0.241 e. The third-order valence-corrected chi connectivity index (χ3v) is 6.08. The molecule has 156 valence electrons. The highest BCUT2D eigenvalue weighted by Gasteiger charge is 2.27. The summed E-state index contributed by atoms with van der Waals surface area (Å²) in [4.78, 5) is 20.7. The molecular weight excluding hydrogens is 396 g/mol. The quantitative estimate of drug-likeness (QED) is 0.585. The van der Waals surface area contributed by atoms with Crippen molar-refractivity contribution in [1.82, 2.24) is 15.0 Å². The van der Waals surface area contributed by atoms with E-state index in [1.54, 1.807) is 11.8 Å². The fourth-order valence-electron chi connectivity index (χ4n) is 3.69. The Labute approximate surface area is 181 Å². The first-order chi connectivity index (χ1) is 14.6. The predicted molar refractivity (Wildman–Crippen MR) is 119 cm³/mol. The summed E-state index contributed by atoms with van der Waals surface area (Å²) in [5.74, 6) is 1.21. The van der Waals surface area contributed by atoms with E-state index in [1.165, 1.54) is 5.56 Å². The second kappa shape index (κ2) is 9.45. The van der Waals surface area contributed by atoms with Crippen molar-refractivity contribution in [3.63, 3.8) is 0 Å². The number of rotatable bonds is 6. The highest BCUT2D eigenvalue weighted by atomic mass is 32.2. The molecule has 2 heterocycles. The minimum atomic E-state index is -0.0452. The molecule has 2 aromatic carbocycles. The molecule has 1 saturated heterocycles. The average Bonchev–Trinajstić information content (AvgIpc) is 3.23. The van der Waals surface area contributed by atoms with Crippen molar-refractivity contribution in [3.8, 4) is 11.4 Å². The van der Waals surface area contributed by atoms with Crippen LogP contribution in [0.1, 0.15) is 24.3 Å². The average molecular weight is 423 g/mol. The molecule has 0 bridgehead atoms. The van der Waals surface area contributed by atoms with Gasteiger partial charge in [-0.2, -0.15) is 4.98 Å². The van der Waals surface area contributed by atoms with Crippen LogP contribution in [0, 0.1) is 12.8 Å². The van der Waals surface area contributed by atoms with Gasteiger partial charge in [0.2, 0.25) is 17.6 Å². The Kier molecular flexibility index (Phi) is 6.50. The van der Waals surface area contributed by atoms with Crippen LogP contribution < -0.4 is 5.32 Å². The van der Waals surface area contributed by atoms with E-state index >= 15 is 0 Å². The first-order valence-corrected chi connectivity index (χ1v) is 11.4. The van der Waals surface area contributed by atoms with Crippen molar-refractivity contribution in [2.24, 2.45) is 5.92 Å². The van der Waals surface area contributed by atoms with E-state index in [9.17, 15) is 4.79 Å². The van der Waals surface area contributed by atoms with Crippen LogP contribution in [0.25, 0.3) is 11.4 Å². The zero-order chi connectivity index (χ0) is 20.9. The summed E-state index contributed by atoms with van der Waals surface area (Å²) >= 11 is 1.67. The van der Waals surface area contributed by atoms with Gasteiger partial charge in [-0.05, 0) is 50.8 Å². The lowest BCUT2D eigenvalue weighted by molar-refractivity contribution is -0.121. The lowest BCUT2D eigenvalue weighted by Gasteiger charge is -2.30. The number of hydrogen-bond donors (Lipinski definition) is 1. The molecule has 3 aromatic rings. The highest BCUT2D eigenvalue weighted by Crippen LogP contribution is 2.23. The number of anilines is 1. The van der Waals surface area contributed by atoms with Gasteiger partial charge in [-0.15, -0.1) is 11.8 Å². The summed E-state index contributed by atoms with van der Waals surface area (Å²) in [6.07, 6.45) is 3.90. The second-order valence-electron chi connectivity index (χ2n) is 7.67. The molecule has 1 fully saturated rings. The Hall–Kier alpha value is -2.64. The maximum absolute atomic E-state index is 12.8. The molecule has 1 amide bonds. The van der Waals surface area contributed by atoms with Crippen LogP contribution in [0.4, 0.5) is 5.69 Å². The van der Waals surface area contributed by atoms with E-state index < -0.39 is 0 Å². The van der Waals surface area contributed by atoms with Gasteiger partial charge in [-0.25, -0.2) is 0 Å². The fourth-order valence-corrected chi connectivity index (χ4v) is 4.15. The van der Waals surface area contributed by atoms with Crippen LogP contribution >= 0.6 is 11.8 Å². The molecule has 7 heteroatoms. The monoisotopic (exact) mass is 422 g/mol. The lowest BCUT2D eigenvalue weighted by Crippen LogP contribution is -2.40. The highest BCUT2D eigenvalue weighted by molar-refractivity contribution is 7.98. The number of benzene rings is 2. The zero-order valence-electron chi connectivity index (χ0n) is 17.3. The van der Waals surface area contributed by atoms with Gasteiger partial charge in [-0.3, -0.25) is 9.69 Å². The largest absolute Gasteiger partial charge is 0.338 e. The summed E-state index contributed by atoms with van der Waals surface area (Å²) in [7, 11) is 0. The van der Waals surface area contributed by atoms with Crippen LogP contribution in [0.15, 0.2) is 57.9 Å². The van der Waals surface area contributed by atoms with Crippen LogP contribution in [-0.4, -0.2) is 40.3 Å². The number of amides is 1. The van der Waals surface area contributed by atoms with Gasteiger partial charge in [0, 0.05) is 22.7 Å². The smallest absolute Gasteiger partial charge is 0.241 e. The molecule has 0 radical (unpaired) electrons. The van der Waals surface area contributed by atoms with Crippen LogP contribution in [0.3, 0.4) is 0 Å². The third kappa shape index (κ3) is 5.09. The number of aromatic nitrogens is 2. The Balaban J connectivity index is 1.36. The normalized spacial score (nSPS) is 17.1. The molecule has 1 aliphatic heterocycles. The lowest BCUT2D eigenvalue weighted by atomic mass is 9.97. The zero-order valence-corrected chi connectivity index (χ0v) is 18.1. The molecule has 30 heavy (non-hydrogen) atoms. The number of nitrogens with zero attached hydrogens (tertiary/aromatic N) is 3. The van der Waals surface area contributed by atoms with Crippen molar-refractivity contribution >= 4 is 23.4 Å². The molecule has 1 atom stereocenters. The Bertz CT molecular complexity index is 1000. The summed E-state index contributed by atoms with van der Waals surface area (Å²) in [5.41, 5.74) is 2.99. The molecular formula is C23H26N4O2S. The molecule has 0 spiro atoms. The van der Waals surface area contributed by atoms with E-state index in [0.717, 1.165) is 35.5 Å². The molecule has 0 saturated carbocycles. The van der Waals surface area contributed by atoms with Gasteiger partial charge in [0.1, 0.15) is 0 Å². The van der Waals surface area contributed by atoms with Crippen LogP contribution in [-0.2, 0) is 11.3 Å². The number of likely N-dealkylation sites (tertiary alicyclic amines) is 1. The molecule has 1 N–H and O–H groups in total. The minimum absolute atomic E-state index is 0.0452. The van der Waals surface area contributed by atoms with Crippen molar-refractivity contribution < 1.29 is 9.32 Å². The van der Waals surface area contributed by atoms with E-state index in [4.69, 9.17) is 4.52 Å². The number of carbonyl (C=O) groups excluding carboxylic acids is 1. The molecule has 6 nitrogen and oxygen atoms in total. The van der Waals surface area contributed by atoms with E-state index in [2.05, 4.69) is 20.4 Å². The molecule has 1 unspecified atom stereocenters. The van der Waals surface area contributed by atoms with Gasteiger partial charge in [-0.1, -0.05) is 41.1 Å². The molecule has 1 aromatic heterocycles. The number of aryl methyl sites for hydroxylation is 1.